The lowest BCUT2D eigenvalue weighted by Crippen LogP contribution is -2.70. The summed E-state index contributed by atoms with van der Waals surface area (Å²) in [5.74, 6) is 0. The fourth-order valence-electron chi connectivity index (χ4n) is 5.46. The van der Waals surface area contributed by atoms with Crippen LogP contribution < -0.4 is 28.3 Å². The minimum absolute atomic E-state index is 0.156. The fourth-order valence-corrected chi connectivity index (χ4v) is 5.46. The minimum atomic E-state index is -1.54. The van der Waals surface area contributed by atoms with Gasteiger partial charge in [-0.1, -0.05) is 0 Å². The molecule has 17 atom stereocenters. The van der Waals surface area contributed by atoms with E-state index in [0.717, 1.165) is 0 Å². The Morgan fingerprint density at radius 3 is 2.08 bits per heavy atom. The molecule has 3 aliphatic heterocycles. The molecule has 37 heavy (non-hydrogen) atoms. The van der Waals surface area contributed by atoms with Gasteiger partial charge in [-0.3, -0.25) is 0 Å². The van der Waals surface area contributed by atoms with E-state index in [-0.39, 0.29) is 12.8 Å². The van der Waals surface area contributed by atoms with Crippen LogP contribution in [0.15, 0.2) is 0 Å². The molecule has 0 spiro atoms. The Morgan fingerprint density at radius 2 is 1.43 bits per heavy atom. The van der Waals surface area contributed by atoms with E-state index < -0.39 is 111 Å². The number of hydrogen-bond acceptors (Lipinski definition) is 16. The molecule has 16 heteroatoms. The molecule has 3 heterocycles. The molecule has 0 unspecified atom stereocenters. The van der Waals surface area contributed by atoms with Crippen LogP contribution in [0.5, 0.6) is 0 Å². The van der Waals surface area contributed by atoms with Crippen LogP contribution in [0.1, 0.15) is 12.8 Å². The van der Waals surface area contributed by atoms with Crippen molar-refractivity contribution in [3.8, 4) is 0 Å². The van der Waals surface area contributed by atoms with Crippen LogP contribution in [-0.2, 0) is 23.7 Å². The summed E-state index contributed by atoms with van der Waals surface area (Å²) in [5.41, 5.74) is 24.0. The lowest BCUT2D eigenvalue weighted by atomic mass is 9.84. The number of ether oxygens (including phenoxy) is 5. The van der Waals surface area contributed by atoms with Crippen LogP contribution in [0, 0.1) is 0 Å². The molecule has 0 aromatic heterocycles. The number of nitrogens with two attached hydrogens (primary N) is 4. The third-order valence-electron chi connectivity index (χ3n) is 7.74. The van der Waals surface area contributed by atoms with Crippen molar-refractivity contribution in [2.45, 2.75) is 117 Å². The summed E-state index contributed by atoms with van der Waals surface area (Å²) >= 11 is 0. The van der Waals surface area contributed by atoms with Crippen molar-refractivity contribution in [1.29, 1.82) is 0 Å². The monoisotopic (exact) mass is 539 g/mol. The van der Waals surface area contributed by atoms with Gasteiger partial charge in [0.2, 0.25) is 0 Å². The minimum Gasteiger partial charge on any atom is -0.394 e. The fraction of sp³-hybridized carbons (Fsp3) is 1.00. The zero-order valence-corrected chi connectivity index (χ0v) is 20.5. The average Bonchev–Trinajstić information content (AvgIpc) is 2.86. The van der Waals surface area contributed by atoms with Crippen molar-refractivity contribution in [2.75, 3.05) is 13.7 Å². The molecule has 0 radical (unpaired) electrons. The van der Waals surface area contributed by atoms with E-state index in [1.807, 2.05) is 0 Å². The van der Waals surface area contributed by atoms with Gasteiger partial charge in [0.15, 0.2) is 18.9 Å². The van der Waals surface area contributed by atoms with Crippen molar-refractivity contribution in [3.05, 3.63) is 0 Å². The number of fused-ring (bicyclic) bond motifs is 1. The summed E-state index contributed by atoms with van der Waals surface area (Å²) in [4.78, 5) is 0. The van der Waals surface area contributed by atoms with E-state index in [4.69, 9.17) is 46.6 Å². The van der Waals surface area contributed by atoms with Gasteiger partial charge in [-0.2, -0.15) is 0 Å². The first kappa shape index (κ1) is 29.3. The number of aliphatic hydroxyl groups is 6. The summed E-state index contributed by atoms with van der Waals surface area (Å²) in [6.45, 7) is -0.508. The molecular weight excluding hydrogens is 498 g/mol. The van der Waals surface area contributed by atoms with Crippen LogP contribution in [0.25, 0.3) is 0 Å². The molecule has 1 aliphatic carbocycles. The molecular formula is C21H41N5O11. The van der Waals surface area contributed by atoms with Crippen molar-refractivity contribution in [3.63, 3.8) is 0 Å². The van der Waals surface area contributed by atoms with E-state index in [0.29, 0.717) is 0 Å². The average molecular weight is 540 g/mol. The highest BCUT2D eigenvalue weighted by Crippen LogP contribution is 2.35. The zero-order chi connectivity index (χ0) is 27.2. The molecule has 0 amide bonds. The number of hydrogen-bond donors (Lipinski definition) is 11. The van der Waals surface area contributed by atoms with E-state index in [2.05, 4.69) is 5.32 Å². The number of rotatable bonds is 6. The normalized spacial score (nSPS) is 55.1. The summed E-state index contributed by atoms with van der Waals surface area (Å²) in [7, 11) is 1.55. The molecule has 0 aromatic rings. The van der Waals surface area contributed by atoms with Crippen molar-refractivity contribution in [1.82, 2.24) is 5.32 Å². The number of likely N-dealkylation sites (N-methyl/N-ethyl adjacent to an activating group) is 1. The van der Waals surface area contributed by atoms with Gasteiger partial charge >= 0.3 is 0 Å². The van der Waals surface area contributed by atoms with Gasteiger partial charge in [0.25, 0.3) is 0 Å². The summed E-state index contributed by atoms with van der Waals surface area (Å²) < 4.78 is 29.2. The molecule has 4 rings (SSSR count). The van der Waals surface area contributed by atoms with Gasteiger partial charge < -0.3 is 82.6 Å². The van der Waals surface area contributed by atoms with Gasteiger partial charge in [0.05, 0.1) is 36.9 Å². The molecule has 216 valence electrons. The largest absolute Gasteiger partial charge is 0.394 e. The summed E-state index contributed by atoms with van der Waals surface area (Å²) in [5, 5.41) is 64.7. The Balaban J connectivity index is 1.43. The van der Waals surface area contributed by atoms with Crippen LogP contribution in [0.4, 0.5) is 0 Å². The molecule has 0 aromatic carbocycles. The van der Waals surface area contributed by atoms with Crippen molar-refractivity contribution < 1.29 is 54.3 Å². The third-order valence-corrected chi connectivity index (χ3v) is 7.74. The molecule has 3 saturated heterocycles. The van der Waals surface area contributed by atoms with Crippen LogP contribution in [0.3, 0.4) is 0 Å². The van der Waals surface area contributed by atoms with Gasteiger partial charge in [0.1, 0.15) is 42.7 Å². The summed E-state index contributed by atoms with van der Waals surface area (Å²) in [6, 6.07) is -4.05. The van der Waals surface area contributed by atoms with Gasteiger partial charge in [-0.15, -0.1) is 0 Å². The van der Waals surface area contributed by atoms with Gasteiger partial charge in [0, 0.05) is 12.1 Å². The Kier molecular flexibility index (Phi) is 9.40. The highest BCUT2D eigenvalue weighted by atomic mass is 16.8. The SMILES string of the molecule is CN[C@H]1[C@@H](O[C@H]2O[C@@H](CO)[C@@H](N)[C@H](O)[C@H]2O)O[C@@H]2C[C@H](N)[C@@H](O[C@@H]3[C@H](O)[C@H](O)[C@H](N)C[C@@H]3N)O[C@@H]2[C@@H]1O. The topological polar surface area (TPSA) is 284 Å². The maximum Gasteiger partial charge on any atom is 0.189 e. The van der Waals surface area contributed by atoms with Gasteiger partial charge in [-0.25, -0.2) is 0 Å². The first-order valence-corrected chi connectivity index (χ1v) is 12.5. The highest BCUT2D eigenvalue weighted by Gasteiger charge is 2.54. The quantitative estimate of drug-likeness (QED) is 0.149. The highest BCUT2D eigenvalue weighted by molar-refractivity contribution is 5.01. The van der Waals surface area contributed by atoms with E-state index in [9.17, 15) is 30.6 Å². The van der Waals surface area contributed by atoms with Crippen LogP contribution in [-0.4, -0.2) is 148 Å². The second kappa shape index (κ2) is 11.8. The molecule has 16 nitrogen and oxygen atoms in total. The Morgan fingerprint density at radius 1 is 0.730 bits per heavy atom. The second-order valence-corrected chi connectivity index (χ2v) is 10.3. The first-order chi connectivity index (χ1) is 17.5. The molecule has 4 fully saturated rings. The third kappa shape index (κ3) is 5.66. The predicted octanol–water partition coefficient (Wildman–Crippen LogP) is -6.95. The Labute approximate surface area is 213 Å². The maximum atomic E-state index is 11.1. The molecule has 15 N–H and O–H groups in total. The van der Waals surface area contributed by atoms with Crippen molar-refractivity contribution >= 4 is 0 Å². The van der Waals surface area contributed by atoms with Crippen molar-refractivity contribution in [2.24, 2.45) is 22.9 Å². The summed E-state index contributed by atoms with van der Waals surface area (Å²) in [6.07, 6.45) is -13.7. The van der Waals surface area contributed by atoms with E-state index in [1.54, 1.807) is 7.05 Å². The standard InChI is InChI=1S/C21H41N5O11/c1-26-11-14(30)18-8(33-20(11)37-21-16(32)13(29)10(25)9(4-27)34-21)3-7(24)19(36-18)35-17-6(23)2-5(22)12(28)15(17)31/h5-21,26-32H,2-4,22-25H2,1H3/t5-,6+,7+,8-,9+,10-,11-,12-,13+,14-,15-,16-,17+,18+,19+,20-,21-/m1/s1. The number of aliphatic hydroxyl groups excluding tert-OH is 6. The lowest BCUT2D eigenvalue weighted by Gasteiger charge is -2.51. The van der Waals surface area contributed by atoms with Gasteiger partial charge in [-0.05, 0) is 19.9 Å². The predicted molar refractivity (Wildman–Crippen MR) is 123 cm³/mol. The Hall–Kier alpha value is -0.640. The smallest absolute Gasteiger partial charge is 0.189 e. The first-order valence-electron chi connectivity index (χ1n) is 12.5. The van der Waals surface area contributed by atoms with Crippen LogP contribution in [0.2, 0.25) is 0 Å². The molecule has 1 saturated carbocycles. The van der Waals surface area contributed by atoms with E-state index in [1.165, 1.54) is 0 Å². The molecule has 4 aliphatic rings. The molecule has 0 bridgehead atoms. The zero-order valence-electron chi connectivity index (χ0n) is 20.5. The van der Waals surface area contributed by atoms with Crippen LogP contribution >= 0.6 is 0 Å². The van der Waals surface area contributed by atoms with E-state index >= 15 is 0 Å². The lowest BCUT2D eigenvalue weighted by molar-refractivity contribution is -0.373. The number of nitrogens with one attached hydrogen (secondary N) is 1. The second-order valence-electron chi connectivity index (χ2n) is 10.3. The Bertz CT molecular complexity index is 756. The maximum absolute atomic E-state index is 11.1.